The molecule has 5 nitrogen and oxygen atoms in total. The first-order valence-electron chi connectivity index (χ1n) is 6.21. The number of halogens is 2. The number of phenolic OH excluding ortho intramolecular Hbond substituents is 1. The summed E-state index contributed by atoms with van der Waals surface area (Å²) in [5.41, 5.74) is 0.487. The fraction of sp³-hybridized carbons (Fsp3) is 0.0667. The van der Waals surface area contributed by atoms with Crippen molar-refractivity contribution in [1.82, 2.24) is 0 Å². The summed E-state index contributed by atoms with van der Waals surface area (Å²) < 4.78 is 5.29. The number of benzene rings is 2. The predicted molar refractivity (Wildman–Crippen MR) is 87.7 cm³/mol. The number of aromatic hydroxyl groups is 1. The van der Waals surface area contributed by atoms with Crippen LogP contribution in [0, 0.1) is 0 Å². The van der Waals surface area contributed by atoms with Gasteiger partial charge in [-0.25, -0.2) is 0 Å². The predicted octanol–water partition coefficient (Wildman–Crippen LogP) is 4.07. The summed E-state index contributed by atoms with van der Waals surface area (Å²) in [7, 11) is 0. The van der Waals surface area contributed by atoms with Gasteiger partial charge in [-0.15, -0.1) is 5.10 Å². The van der Waals surface area contributed by atoms with Crippen LogP contribution in [0.25, 0.3) is 0 Å². The Morgan fingerprint density at radius 1 is 1.17 bits per heavy atom. The summed E-state index contributed by atoms with van der Waals surface area (Å²) >= 11 is 11.7. The Morgan fingerprint density at radius 3 is 2.61 bits per heavy atom. The Labute approximate surface area is 156 Å². The zero-order valence-electron chi connectivity index (χ0n) is 12.0. The molecular weight excluding hydrogens is 392 g/mol. The van der Waals surface area contributed by atoms with Crippen LogP contribution in [0.15, 0.2) is 52.7 Å². The van der Waals surface area contributed by atoms with E-state index in [0.29, 0.717) is 21.4 Å². The third-order valence-electron chi connectivity index (χ3n) is 2.56. The molecular formula is C15H12Cl2N2O3Zn. The average Bonchev–Trinajstić information content (AvgIpc) is 2.48. The molecule has 2 N–H and O–H groups in total. The molecule has 0 aliphatic heterocycles. The van der Waals surface area contributed by atoms with Gasteiger partial charge in [-0.1, -0.05) is 35.3 Å². The minimum atomic E-state index is -0.335. The molecule has 0 amide bonds. The molecule has 8 heteroatoms. The van der Waals surface area contributed by atoms with E-state index in [-0.39, 0.29) is 37.7 Å². The first-order chi connectivity index (χ1) is 10.6. The summed E-state index contributed by atoms with van der Waals surface area (Å²) in [5.74, 6) is 0.111. The number of para-hydroxylation sites is 1. The van der Waals surface area contributed by atoms with Gasteiger partial charge in [0.2, 0.25) is 5.90 Å². The van der Waals surface area contributed by atoms with Crippen LogP contribution in [0.5, 0.6) is 11.5 Å². The van der Waals surface area contributed by atoms with Gasteiger partial charge >= 0.3 is 0 Å². The summed E-state index contributed by atoms with van der Waals surface area (Å²) in [6.07, 6.45) is 1.32. The van der Waals surface area contributed by atoms with Crippen LogP contribution in [-0.2, 0) is 19.5 Å². The molecule has 0 bridgehead atoms. The van der Waals surface area contributed by atoms with Crippen molar-refractivity contribution in [3.05, 3.63) is 58.1 Å². The molecule has 0 aromatic heterocycles. The Balaban J connectivity index is 0.00000264. The van der Waals surface area contributed by atoms with Crippen LogP contribution >= 0.6 is 23.2 Å². The minimum absolute atomic E-state index is 0. The summed E-state index contributed by atoms with van der Waals surface area (Å²) in [5, 5.41) is 27.2. The van der Waals surface area contributed by atoms with Crippen LogP contribution in [0.1, 0.15) is 5.56 Å². The molecule has 0 spiro atoms. The van der Waals surface area contributed by atoms with Crippen molar-refractivity contribution in [2.24, 2.45) is 10.2 Å². The van der Waals surface area contributed by atoms with Crippen LogP contribution in [0.3, 0.4) is 0 Å². The van der Waals surface area contributed by atoms with Crippen molar-refractivity contribution in [2.45, 2.75) is 0 Å². The van der Waals surface area contributed by atoms with E-state index in [1.807, 2.05) is 0 Å². The third-order valence-corrected chi connectivity index (χ3v) is 3.09. The number of aliphatic hydroxyl groups excluding tert-OH is 1. The van der Waals surface area contributed by atoms with Crippen LogP contribution in [0.2, 0.25) is 10.0 Å². The van der Waals surface area contributed by atoms with Gasteiger partial charge in [0.15, 0.2) is 6.61 Å². The monoisotopic (exact) mass is 402 g/mol. The van der Waals surface area contributed by atoms with Crippen LogP contribution in [-0.4, -0.2) is 28.9 Å². The van der Waals surface area contributed by atoms with E-state index in [1.54, 1.807) is 30.3 Å². The number of rotatable bonds is 5. The number of hydrogen-bond donors (Lipinski definition) is 2. The molecule has 0 unspecified atom stereocenters. The van der Waals surface area contributed by atoms with Crippen molar-refractivity contribution in [1.29, 1.82) is 0 Å². The summed E-state index contributed by atoms with van der Waals surface area (Å²) in [6, 6.07) is 11.4. The third kappa shape index (κ3) is 6.18. The molecule has 116 valence electrons. The molecule has 0 aliphatic rings. The van der Waals surface area contributed by atoms with Gasteiger partial charge in [0.1, 0.15) is 11.5 Å². The molecule has 2 rings (SSSR count). The zero-order chi connectivity index (χ0) is 15.9. The first-order valence-corrected chi connectivity index (χ1v) is 6.96. The molecule has 0 radical (unpaired) electrons. The molecule has 0 aliphatic carbocycles. The van der Waals surface area contributed by atoms with Crippen molar-refractivity contribution in [3.8, 4) is 11.5 Å². The number of ether oxygens (including phenoxy) is 1. The summed E-state index contributed by atoms with van der Waals surface area (Å²) in [6.45, 7) is -0.195. The van der Waals surface area contributed by atoms with Gasteiger partial charge < -0.3 is 14.9 Å². The number of hydrogen-bond acceptors (Lipinski definition) is 4. The van der Waals surface area contributed by atoms with E-state index in [9.17, 15) is 10.2 Å². The maximum atomic E-state index is 9.58. The van der Waals surface area contributed by atoms with Crippen molar-refractivity contribution < 1.29 is 34.4 Å². The molecule has 2 aromatic carbocycles. The summed E-state index contributed by atoms with van der Waals surface area (Å²) in [4.78, 5) is 0. The van der Waals surface area contributed by atoms with Crippen molar-refractivity contribution in [3.63, 3.8) is 0 Å². The topological polar surface area (TPSA) is 74.4 Å². The second-order valence-corrected chi connectivity index (χ2v) is 5.03. The van der Waals surface area contributed by atoms with Crippen LogP contribution in [0.4, 0.5) is 0 Å². The SMILES string of the molecule is OC(COc1ccc(Cl)cc1Cl)=NN=Cc1ccccc1O.[Zn]. The van der Waals surface area contributed by atoms with Crippen LogP contribution < -0.4 is 4.74 Å². The smallest absolute Gasteiger partial charge is 0.244 e. The van der Waals surface area contributed by atoms with Gasteiger partial charge in [0.25, 0.3) is 0 Å². The standard InChI is InChI=1S/C15H12Cl2N2O3.Zn/c16-11-5-6-14(12(17)7-11)22-9-15(21)19-18-8-10-3-1-2-4-13(10)20;/h1-8,20H,9H2,(H,19,21);. The normalized spacial score (nSPS) is 11.3. The maximum absolute atomic E-state index is 9.58. The Bertz CT molecular complexity index is 724. The molecule has 2 aromatic rings. The van der Waals surface area contributed by atoms with Gasteiger partial charge in [0.05, 0.1) is 11.2 Å². The Morgan fingerprint density at radius 2 is 1.91 bits per heavy atom. The van der Waals surface area contributed by atoms with E-state index in [0.717, 1.165) is 0 Å². The Kier molecular flexibility index (Phi) is 8.03. The van der Waals surface area contributed by atoms with E-state index in [4.69, 9.17) is 27.9 Å². The van der Waals surface area contributed by atoms with Crippen molar-refractivity contribution >= 4 is 35.3 Å². The fourth-order valence-corrected chi connectivity index (χ4v) is 1.98. The van der Waals surface area contributed by atoms with Gasteiger partial charge in [0, 0.05) is 30.1 Å². The van der Waals surface area contributed by atoms with E-state index in [2.05, 4.69) is 10.2 Å². The van der Waals surface area contributed by atoms with Gasteiger partial charge in [-0.05, 0) is 30.3 Å². The minimum Gasteiger partial charge on any atom is -0.507 e. The number of nitrogens with zero attached hydrogens (tertiary/aromatic N) is 2. The number of phenols is 1. The zero-order valence-corrected chi connectivity index (χ0v) is 16.5. The molecule has 0 atom stereocenters. The molecule has 0 saturated carbocycles. The fourth-order valence-electron chi connectivity index (χ4n) is 1.52. The molecule has 0 fully saturated rings. The second kappa shape index (κ2) is 9.51. The molecule has 0 saturated heterocycles. The first kappa shape index (κ1) is 19.4. The Hall–Kier alpha value is -1.62. The second-order valence-electron chi connectivity index (χ2n) is 4.18. The van der Waals surface area contributed by atoms with Gasteiger partial charge in [-0.2, -0.15) is 5.10 Å². The average molecular weight is 405 g/mol. The van der Waals surface area contributed by atoms with E-state index < -0.39 is 0 Å². The molecule has 23 heavy (non-hydrogen) atoms. The maximum Gasteiger partial charge on any atom is 0.244 e. The van der Waals surface area contributed by atoms with Gasteiger partial charge in [-0.3, -0.25) is 0 Å². The largest absolute Gasteiger partial charge is 0.507 e. The van der Waals surface area contributed by atoms with E-state index >= 15 is 0 Å². The number of aliphatic hydroxyl groups is 1. The van der Waals surface area contributed by atoms with E-state index in [1.165, 1.54) is 18.3 Å². The molecule has 0 heterocycles. The quantitative estimate of drug-likeness (QED) is 0.341. The van der Waals surface area contributed by atoms with Crippen molar-refractivity contribution in [2.75, 3.05) is 6.61 Å².